The topological polar surface area (TPSA) is 55.8 Å². The number of ether oxygens (including phenoxy) is 2. The molecule has 0 bridgehead atoms. The highest BCUT2D eigenvalue weighted by molar-refractivity contribution is 7.92. The first-order valence-electron chi connectivity index (χ1n) is 9.72. The second kappa shape index (κ2) is 9.36. The molecule has 0 N–H and O–H groups in total. The Morgan fingerprint density at radius 1 is 1.06 bits per heavy atom. The highest BCUT2D eigenvalue weighted by atomic mass is 35.5. The lowest BCUT2D eigenvalue weighted by atomic mass is 10.1. The minimum absolute atomic E-state index is 0.0155. The Balaban J connectivity index is 1.69. The van der Waals surface area contributed by atoms with Crippen LogP contribution >= 0.6 is 11.6 Å². The van der Waals surface area contributed by atoms with Crippen LogP contribution in [0, 0.1) is 5.82 Å². The van der Waals surface area contributed by atoms with Crippen molar-refractivity contribution in [3.05, 3.63) is 82.6 Å². The summed E-state index contributed by atoms with van der Waals surface area (Å²) in [7, 11) is -4.11. The maximum absolute atomic E-state index is 14.0. The minimum atomic E-state index is -4.11. The second-order valence-electron chi connectivity index (χ2n) is 6.97. The largest absolute Gasteiger partial charge is 0.489 e. The van der Waals surface area contributed by atoms with Crippen molar-refractivity contribution in [1.82, 2.24) is 0 Å². The van der Waals surface area contributed by atoms with E-state index in [1.165, 1.54) is 36.4 Å². The number of hydrogen-bond donors (Lipinski definition) is 0. The van der Waals surface area contributed by atoms with Gasteiger partial charge in [0.25, 0.3) is 10.0 Å². The average molecular weight is 496 g/mol. The van der Waals surface area contributed by atoms with Crippen LogP contribution in [0.25, 0.3) is 12.2 Å². The van der Waals surface area contributed by atoms with E-state index >= 15 is 0 Å². The Morgan fingerprint density at radius 3 is 2.61 bits per heavy atom. The molecule has 0 atom stereocenters. The number of nitrogens with zero attached hydrogens (tertiary/aromatic N) is 1. The number of anilines is 1. The van der Waals surface area contributed by atoms with Crippen LogP contribution in [0.15, 0.2) is 65.6 Å². The van der Waals surface area contributed by atoms with E-state index < -0.39 is 22.5 Å². The van der Waals surface area contributed by atoms with Crippen LogP contribution < -0.4 is 13.8 Å². The highest BCUT2D eigenvalue weighted by Gasteiger charge is 2.30. The van der Waals surface area contributed by atoms with Gasteiger partial charge in [-0.1, -0.05) is 35.9 Å². The average Bonchev–Trinajstić information content (AvgIpc) is 2.78. The summed E-state index contributed by atoms with van der Waals surface area (Å²) in [5.41, 5.74) is 1.05. The molecule has 4 rings (SSSR count). The molecule has 1 heterocycles. The first kappa shape index (κ1) is 23.0. The summed E-state index contributed by atoms with van der Waals surface area (Å²) < 4.78 is 76.8. The van der Waals surface area contributed by atoms with Crippen LogP contribution in [0.3, 0.4) is 0 Å². The predicted molar refractivity (Wildman–Crippen MR) is 120 cm³/mol. The van der Waals surface area contributed by atoms with Crippen molar-refractivity contribution in [2.45, 2.75) is 11.5 Å². The minimum Gasteiger partial charge on any atom is -0.489 e. The number of benzene rings is 3. The monoisotopic (exact) mass is 495 g/mol. The summed E-state index contributed by atoms with van der Waals surface area (Å²) >= 11 is 6.05. The number of hydrogen-bond acceptors (Lipinski definition) is 4. The van der Waals surface area contributed by atoms with Crippen molar-refractivity contribution in [3.63, 3.8) is 0 Å². The van der Waals surface area contributed by atoms with Gasteiger partial charge in [0.1, 0.15) is 23.9 Å². The van der Waals surface area contributed by atoms with E-state index in [2.05, 4.69) is 4.74 Å². The zero-order chi connectivity index (χ0) is 23.6. The van der Waals surface area contributed by atoms with Crippen LogP contribution in [0.4, 0.5) is 18.9 Å². The molecule has 3 aromatic rings. The van der Waals surface area contributed by atoms with Crippen LogP contribution in [-0.2, 0) is 10.0 Å². The molecule has 0 radical (unpaired) electrons. The Labute approximate surface area is 193 Å². The molecule has 33 heavy (non-hydrogen) atoms. The zero-order valence-corrected chi connectivity index (χ0v) is 18.5. The molecule has 0 fully saturated rings. The fourth-order valence-electron chi connectivity index (χ4n) is 3.35. The standard InChI is InChI=1S/C23H17ClF3NO4S/c24-19-5-2-6-20(25)18(19)9-7-15-8-10-22-21(13-15)28(11-12-31-22)33(29,30)17-4-1-3-16(14-17)32-23(26)27/h1-10,13-14,23H,11-12H2/b9-7+. The number of rotatable bonds is 6. The van der Waals surface area contributed by atoms with Gasteiger partial charge < -0.3 is 9.47 Å². The quantitative estimate of drug-likeness (QED) is 0.403. The van der Waals surface area contributed by atoms with Gasteiger partial charge in [-0.25, -0.2) is 12.8 Å². The van der Waals surface area contributed by atoms with Gasteiger partial charge in [0, 0.05) is 11.6 Å². The highest BCUT2D eigenvalue weighted by Crippen LogP contribution is 2.37. The lowest BCUT2D eigenvalue weighted by molar-refractivity contribution is -0.0499. The molecule has 3 aromatic carbocycles. The Morgan fingerprint density at radius 2 is 1.85 bits per heavy atom. The van der Waals surface area contributed by atoms with Crippen LogP contribution in [-0.4, -0.2) is 28.2 Å². The third-order valence-corrected chi connectivity index (χ3v) is 7.00. The molecule has 0 aliphatic carbocycles. The molecule has 0 aromatic heterocycles. The molecule has 0 saturated carbocycles. The molecule has 10 heteroatoms. The number of sulfonamides is 1. The van der Waals surface area contributed by atoms with Crippen molar-refractivity contribution in [2.75, 3.05) is 17.5 Å². The van der Waals surface area contributed by atoms with E-state index in [9.17, 15) is 21.6 Å². The summed E-state index contributed by atoms with van der Waals surface area (Å²) in [5.74, 6) is -0.418. The number of halogens is 4. The zero-order valence-electron chi connectivity index (χ0n) is 16.9. The van der Waals surface area contributed by atoms with Gasteiger partial charge >= 0.3 is 6.61 Å². The van der Waals surface area contributed by atoms with Gasteiger partial charge in [-0.05, 0) is 48.0 Å². The fourth-order valence-corrected chi connectivity index (χ4v) is 5.06. The SMILES string of the molecule is O=S(=O)(c1cccc(OC(F)F)c1)N1CCOc2ccc(/C=C/c3c(F)cccc3Cl)cc21. The van der Waals surface area contributed by atoms with Crippen molar-refractivity contribution in [1.29, 1.82) is 0 Å². The van der Waals surface area contributed by atoms with Crippen molar-refractivity contribution >= 4 is 39.5 Å². The maximum Gasteiger partial charge on any atom is 0.387 e. The molecule has 0 spiro atoms. The Kier molecular flexibility index (Phi) is 6.53. The van der Waals surface area contributed by atoms with Gasteiger partial charge in [-0.3, -0.25) is 4.31 Å². The summed E-state index contributed by atoms with van der Waals surface area (Å²) in [6.07, 6.45) is 3.09. The van der Waals surface area contributed by atoms with Crippen LogP contribution in [0.5, 0.6) is 11.5 Å². The van der Waals surface area contributed by atoms with E-state index in [-0.39, 0.29) is 40.1 Å². The van der Waals surface area contributed by atoms with Gasteiger partial charge in [0.2, 0.25) is 0 Å². The van der Waals surface area contributed by atoms with Gasteiger partial charge in [-0.15, -0.1) is 0 Å². The Bertz CT molecular complexity index is 1290. The number of fused-ring (bicyclic) bond motifs is 1. The van der Waals surface area contributed by atoms with E-state index in [1.807, 2.05) is 0 Å². The van der Waals surface area contributed by atoms with Crippen molar-refractivity contribution < 1.29 is 31.1 Å². The van der Waals surface area contributed by atoms with Crippen molar-refractivity contribution in [2.24, 2.45) is 0 Å². The van der Waals surface area contributed by atoms with E-state index in [0.29, 0.717) is 11.3 Å². The smallest absolute Gasteiger partial charge is 0.387 e. The molecule has 0 unspecified atom stereocenters. The maximum atomic E-state index is 14.0. The summed E-state index contributed by atoms with van der Waals surface area (Å²) in [6, 6.07) is 14.1. The fraction of sp³-hybridized carbons (Fsp3) is 0.130. The van der Waals surface area contributed by atoms with Crippen LogP contribution in [0.2, 0.25) is 5.02 Å². The van der Waals surface area contributed by atoms with E-state index in [1.54, 1.807) is 30.3 Å². The third kappa shape index (κ3) is 4.94. The van der Waals surface area contributed by atoms with E-state index in [0.717, 1.165) is 10.4 Å². The normalized spacial score (nSPS) is 13.8. The molecular formula is C23H17ClF3NO4S. The lowest BCUT2D eigenvalue weighted by Gasteiger charge is -2.30. The van der Waals surface area contributed by atoms with Gasteiger partial charge in [0.05, 0.1) is 22.2 Å². The number of alkyl halides is 2. The molecular weight excluding hydrogens is 479 g/mol. The lowest BCUT2D eigenvalue weighted by Crippen LogP contribution is -2.38. The molecule has 0 saturated heterocycles. The molecule has 1 aliphatic heterocycles. The summed E-state index contributed by atoms with van der Waals surface area (Å²) in [4.78, 5) is -0.201. The first-order chi connectivity index (χ1) is 15.8. The molecule has 0 amide bonds. The van der Waals surface area contributed by atoms with Gasteiger partial charge in [0.15, 0.2) is 0 Å². The Hall–Kier alpha value is -3.17. The summed E-state index contributed by atoms with van der Waals surface area (Å²) in [6.45, 7) is -2.95. The molecule has 172 valence electrons. The van der Waals surface area contributed by atoms with Gasteiger partial charge in [-0.2, -0.15) is 8.78 Å². The first-order valence-corrected chi connectivity index (χ1v) is 11.5. The predicted octanol–water partition coefficient (Wildman–Crippen LogP) is 5.84. The van der Waals surface area contributed by atoms with Crippen molar-refractivity contribution in [3.8, 4) is 11.5 Å². The summed E-state index contributed by atoms with van der Waals surface area (Å²) in [5, 5.41) is 0.239. The molecule has 5 nitrogen and oxygen atoms in total. The molecule has 1 aliphatic rings. The second-order valence-corrected chi connectivity index (χ2v) is 9.24. The van der Waals surface area contributed by atoms with Crippen LogP contribution in [0.1, 0.15) is 11.1 Å². The third-order valence-electron chi connectivity index (χ3n) is 4.86. The van der Waals surface area contributed by atoms with E-state index in [4.69, 9.17) is 16.3 Å².